The van der Waals surface area contributed by atoms with Crippen molar-refractivity contribution >= 4 is 5.69 Å². The zero-order valence-corrected chi connectivity index (χ0v) is 7.37. The van der Waals surface area contributed by atoms with Gasteiger partial charge in [0.15, 0.2) is 0 Å². The van der Waals surface area contributed by atoms with Gasteiger partial charge in [0, 0.05) is 17.7 Å². The summed E-state index contributed by atoms with van der Waals surface area (Å²) in [7, 11) is 0. The molecule has 0 bridgehead atoms. The molecule has 0 aliphatic heterocycles. The fourth-order valence-corrected chi connectivity index (χ4v) is 1.24. The number of hydrogen-bond donors (Lipinski definition) is 3. The molecule has 0 saturated heterocycles. The number of aliphatic hydroxyl groups excluding tert-OH is 1. The van der Waals surface area contributed by atoms with Gasteiger partial charge < -0.3 is 16.6 Å². The number of pyridine rings is 1. The molecule has 14 heavy (non-hydrogen) atoms. The predicted molar refractivity (Wildman–Crippen MR) is 47.4 cm³/mol. The van der Waals surface area contributed by atoms with Crippen LogP contribution in [-0.4, -0.2) is 10.1 Å². The summed E-state index contributed by atoms with van der Waals surface area (Å²) < 4.78 is 25.2. The van der Waals surface area contributed by atoms with E-state index in [0.717, 1.165) is 0 Å². The SMILES string of the molecule is NCc1c(N)cnc(CO)c1C(F)F. The van der Waals surface area contributed by atoms with E-state index < -0.39 is 13.0 Å². The number of aromatic nitrogens is 1. The van der Waals surface area contributed by atoms with Crippen LogP contribution in [-0.2, 0) is 13.2 Å². The Morgan fingerprint density at radius 2 is 2.14 bits per heavy atom. The Morgan fingerprint density at radius 3 is 2.57 bits per heavy atom. The van der Waals surface area contributed by atoms with Crippen LogP contribution in [0.25, 0.3) is 0 Å². The van der Waals surface area contributed by atoms with Crippen LogP contribution in [0, 0.1) is 0 Å². The van der Waals surface area contributed by atoms with E-state index in [2.05, 4.69) is 4.98 Å². The largest absolute Gasteiger partial charge is 0.397 e. The fourth-order valence-electron chi connectivity index (χ4n) is 1.24. The van der Waals surface area contributed by atoms with Crippen molar-refractivity contribution in [3.05, 3.63) is 23.0 Å². The fraction of sp³-hybridized carbons (Fsp3) is 0.375. The number of nitrogens with zero attached hydrogens (tertiary/aromatic N) is 1. The molecule has 5 N–H and O–H groups in total. The van der Waals surface area contributed by atoms with Crippen LogP contribution in [0.15, 0.2) is 6.20 Å². The number of nitrogens with two attached hydrogens (primary N) is 2. The summed E-state index contributed by atoms with van der Waals surface area (Å²) in [6, 6.07) is 0. The topological polar surface area (TPSA) is 85.2 Å². The van der Waals surface area contributed by atoms with Gasteiger partial charge >= 0.3 is 0 Å². The zero-order chi connectivity index (χ0) is 10.7. The van der Waals surface area contributed by atoms with Gasteiger partial charge in [0.1, 0.15) is 0 Å². The van der Waals surface area contributed by atoms with Gasteiger partial charge in [0.25, 0.3) is 6.43 Å². The molecule has 0 aromatic carbocycles. The van der Waals surface area contributed by atoms with Crippen molar-refractivity contribution in [1.82, 2.24) is 4.98 Å². The number of hydrogen-bond acceptors (Lipinski definition) is 4. The maximum atomic E-state index is 12.6. The first-order valence-electron chi connectivity index (χ1n) is 3.97. The first-order chi connectivity index (χ1) is 6.61. The molecule has 0 spiro atoms. The second-order valence-corrected chi connectivity index (χ2v) is 2.72. The second kappa shape index (κ2) is 4.30. The van der Waals surface area contributed by atoms with Crippen molar-refractivity contribution in [3.63, 3.8) is 0 Å². The van der Waals surface area contributed by atoms with Crippen molar-refractivity contribution in [2.75, 3.05) is 5.73 Å². The number of alkyl halides is 2. The summed E-state index contributed by atoms with van der Waals surface area (Å²) in [6.07, 6.45) is -1.51. The van der Waals surface area contributed by atoms with Crippen LogP contribution < -0.4 is 11.5 Å². The van der Waals surface area contributed by atoms with Crippen molar-refractivity contribution in [3.8, 4) is 0 Å². The van der Waals surface area contributed by atoms with E-state index in [-0.39, 0.29) is 29.1 Å². The standard InChI is InChI=1S/C8H11F2N3O/c9-8(10)7-4(1-11)5(12)2-13-6(7)3-14/h2,8,14H,1,3,11-12H2. The Morgan fingerprint density at radius 1 is 1.50 bits per heavy atom. The van der Waals surface area contributed by atoms with Gasteiger partial charge in [-0.3, -0.25) is 4.98 Å². The summed E-state index contributed by atoms with van der Waals surface area (Å²) in [4.78, 5) is 3.62. The molecule has 0 amide bonds. The number of aliphatic hydroxyl groups is 1. The molecule has 1 rings (SSSR count). The molecule has 1 heterocycles. The van der Waals surface area contributed by atoms with Gasteiger partial charge in [0.05, 0.1) is 24.2 Å². The minimum absolute atomic E-state index is 0.0744. The van der Waals surface area contributed by atoms with Crippen LogP contribution >= 0.6 is 0 Å². The summed E-state index contributed by atoms with van der Waals surface area (Å²) in [5.74, 6) is 0. The van der Waals surface area contributed by atoms with E-state index >= 15 is 0 Å². The van der Waals surface area contributed by atoms with Crippen LogP contribution in [0.4, 0.5) is 14.5 Å². The molecule has 1 aromatic heterocycles. The Hall–Kier alpha value is -1.27. The molecule has 78 valence electrons. The highest BCUT2D eigenvalue weighted by atomic mass is 19.3. The molecule has 1 aromatic rings. The molecule has 0 unspecified atom stereocenters. The van der Waals surface area contributed by atoms with Crippen LogP contribution in [0.1, 0.15) is 23.2 Å². The number of anilines is 1. The van der Waals surface area contributed by atoms with E-state index in [1.165, 1.54) is 6.20 Å². The molecule has 0 fully saturated rings. The minimum Gasteiger partial charge on any atom is -0.397 e. The summed E-state index contributed by atoms with van der Waals surface area (Å²) in [5, 5.41) is 8.80. The predicted octanol–water partition coefficient (Wildman–Crippen LogP) is 0.552. The number of halogens is 2. The maximum absolute atomic E-state index is 12.6. The normalized spacial score (nSPS) is 10.9. The first kappa shape index (κ1) is 10.8. The van der Waals surface area contributed by atoms with Gasteiger partial charge in [0.2, 0.25) is 0 Å². The van der Waals surface area contributed by atoms with E-state index in [1.54, 1.807) is 0 Å². The Bertz CT molecular complexity index is 331. The van der Waals surface area contributed by atoms with Crippen molar-refractivity contribution in [2.24, 2.45) is 5.73 Å². The number of nitrogen functional groups attached to an aromatic ring is 1. The van der Waals surface area contributed by atoms with E-state index in [9.17, 15) is 8.78 Å². The molecule has 0 aliphatic rings. The van der Waals surface area contributed by atoms with E-state index in [4.69, 9.17) is 16.6 Å². The lowest BCUT2D eigenvalue weighted by molar-refractivity contribution is 0.145. The van der Waals surface area contributed by atoms with Crippen LogP contribution in [0.3, 0.4) is 0 Å². The van der Waals surface area contributed by atoms with Gasteiger partial charge in [-0.15, -0.1) is 0 Å². The quantitative estimate of drug-likeness (QED) is 0.669. The van der Waals surface area contributed by atoms with Crippen molar-refractivity contribution in [1.29, 1.82) is 0 Å². The lowest BCUT2D eigenvalue weighted by Crippen LogP contribution is -2.11. The molecule has 0 atom stereocenters. The average Bonchev–Trinajstić information content (AvgIpc) is 2.17. The Balaban J connectivity index is 3.36. The molecule has 4 nitrogen and oxygen atoms in total. The summed E-state index contributed by atoms with van der Waals surface area (Å²) in [6.45, 7) is -0.645. The Kier molecular flexibility index (Phi) is 3.32. The van der Waals surface area contributed by atoms with Gasteiger partial charge in [-0.05, 0) is 0 Å². The van der Waals surface area contributed by atoms with Crippen LogP contribution in [0.2, 0.25) is 0 Å². The summed E-state index contributed by atoms with van der Waals surface area (Å²) in [5.41, 5.74) is 10.6. The average molecular weight is 203 g/mol. The third-order valence-corrected chi connectivity index (χ3v) is 1.92. The van der Waals surface area contributed by atoms with E-state index in [1.807, 2.05) is 0 Å². The smallest absolute Gasteiger partial charge is 0.266 e. The molecule has 6 heteroatoms. The molecular weight excluding hydrogens is 192 g/mol. The minimum atomic E-state index is -2.73. The van der Waals surface area contributed by atoms with Crippen LogP contribution in [0.5, 0.6) is 0 Å². The van der Waals surface area contributed by atoms with Crippen molar-refractivity contribution < 1.29 is 13.9 Å². The van der Waals surface area contributed by atoms with Gasteiger partial charge in [-0.25, -0.2) is 8.78 Å². The van der Waals surface area contributed by atoms with E-state index in [0.29, 0.717) is 0 Å². The molecule has 0 aliphatic carbocycles. The number of rotatable bonds is 3. The summed E-state index contributed by atoms with van der Waals surface area (Å²) >= 11 is 0. The zero-order valence-electron chi connectivity index (χ0n) is 7.37. The maximum Gasteiger partial charge on any atom is 0.266 e. The lowest BCUT2D eigenvalue weighted by atomic mass is 10.1. The Labute approximate surface area is 79.6 Å². The monoisotopic (exact) mass is 203 g/mol. The van der Waals surface area contributed by atoms with Crippen molar-refractivity contribution in [2.45, 2.75) is 19.6 Å². The highest BCUT2D eigenvalue weighted by Gasteiger charge is 2.19. The second-order valence-electron chi connectivity index (χ2n) is 2.72. The lowest BCUT2D eigenvalue weighted by Gasteiger charge is -2.12. The van der Waals surface area contributed by atoms with Gasteiger partial charge in [-0.2, -0.15) is 0 Å². The van der Waals surface area contributed by atoms with Gasteiger partial charge in [-0.1, -0.05) is 0 Å². The third kappa shape index (κ3) is 1.80. The highest BCUT2D eigenvalue weighted by molar-refractivity contribution is 5.51. The first-order valence-corrected chi connectivity index (χ1v) is 3.97. The molecular formula is C8H11F2N3O. The highest BCUT2D eigenvalue weighted by Crippen LogP contribution is 2.28. The third-order valence-electron chi connectivity index (χ3n) is 1.92. The molecule has 0 radical (unpaired) electrons. The molecule has 0 saturated carbocycles.